The highest BCUT2D eigenvalue weighted by molar-refractivity contribution is 6.01. The largest absolute Gasteiger partial charge is 0.456 e. The van der Waals surface area contributed by atoms with Gasteiger partial charge < -0.3 is 4.74 Å². The van der Waals surface area contributed by atoms with Crippen LogP contribution in [0, 0.1) is 6.92 Å². The van der Waals surface area contributed by atoms with E-state index in [9.17, 15) is 0 Å². The van der Waals surface area contributed by atoms with Gasteiger partial charge in [-0.1, -0.05) is 44.2 Å². The molecule has 0 unspecified atom stereocenters. The molecule has 0 saturated carbocycles. The molecule has 0 N–H and O–H groups in total. The number of hydrogen-bond acceptors (Lipinski definition) is 2. The normalized spacial score (nSPS) is 15.0. The van der Waals surface area contributed by atoms with Crippen molar-refractivity contribution in [2.24, 2.45) is 7.05 Å². The van der Waals surface area contributed by atoms with Gasteiger partial charge in [0.25, 0.3) is 6.33 Å². The molecule has 0 spiro atoms. The Balaban J connectivity index is 1.78. The van der Waals surface area contributed by atoms with Gasteiger partial charge in [-0.3, -0.25) is 0 Å². The van der Waals surface area contributed by atoms with Gasteiger partial charge in [0.15, 0.2) is 11.2 Å². The molecular formula is C25H21N2O+. The molecule has 6 rings (SSSR count). The summed E-state index contributed by atoms with van der Waals surface area (Å²) in [5.74, 6) is 1.82. The number of hydrogen-bond donors (Lipinski definition) is 0. The van der Waals surface area contributed by atoms with Gasteiger partial charge in [-0.25, -0.2) is 4.57 Å². The van der Waals surface area contributed by atoms with Crippen LogP contribution in [-0.4, -0.2) is 4.98 Å². The second-order valence-electron chi connectivity index (χ2n) is 8.42. The van der Waals surface area contributed by atoms with Crippen LogP contribution in [0.4, 0.5) is 0 Å². The summed E-state index contributed by atoms with van der Waals surface area (Å²) in [5.41, 5.74) is 10.0. The highest BCUT2D eigenvalue weighted by Gasteiger charge is 2.40. The molecule has 1 aliphatic carbocycles. The predicted octanol–water partition coefficient (Wildman–Crippen LogP) is 5.45. The molecule has 1 aromatic heterocycles. The third kappa shape index (κ3) is 1.74. The van der Waals surface area contributed by atoms with Crippen LogP contribution in [0.3, 0.4) is 0 Å². The van der Waals surface area contributed by atoms with E-state index in [-0.39, 0.29) is 5.41 Å². The van der Waals surface area contributed by atoms with Crippen molar-refractivity contribution in [1.29, 1.82) is 0 Å². The first kappa shape index (κ1) is 15.8. The van der Waals surface area contributed by atoms with Crippen molar-refractivity contribution in [2.45, 2.75) is 26.2 Å². The average Bonchev–Trinajstić information content (AvgIpc) is 2.92. The number of aromatic nitrogens is 2. The Labute approximate surface area is 164 Å². The number of aryl methyl sites for hydroxylation is 1. The van der Waals surface area contributed by atoms with E-state index < -0.39 is 0 Å². The van der Waals surface area contributed by atoms with E-state index in [0.29, 0.717) is 0 Å². The van der Waals surface area contributed by atoms with Crippen LogP contribution >= 0.6 is 0 Å². The van der Waals surface area contributed by atoms with Crippen LogP contribution in [0.1, 0.15) is 30.5 Å². The smallest absolute Gasteiger partial charge is 0.287 e. The van der Waals surface area contributed by atoms with Crippen LogP contribution < -0.4 is 9.30 Å². The van der Waals surface area contributed by atoms with Crippen LogP contribution in [0.2, 0.25) is 0 Å². The van der Waals surface area contributed by atoms with E-state index in [2.05, 4.69) is 73.8 Å². The molecule has 3 aromatic carbocycles. The summed E-state index contributed by atoms with van der Waals surface area (Å²) in [5, 5.41) is 1.09. The summed E-state index contributed by atoms with van der Waals surface area (Å²) in [6.45, 7) is 6.91. The molecule has 2 aliphatic rings. The summed E-state index contributed by atoms with van der Waals surface area (Å²) >= 11 is 0. The zero-order valence-corrected chi connectivity index (χ0v) is 16.5. The van der Waals surface area contributed by atoms with Crippen LogP contribution in [0.15, 0.2) is 54.9 Å². The van der Waals surface area contributed by atoms with Gasteiger partial charge >= 0.3 is 0 Å². The molecule has 0 atom stereocenters. The summed E-state index contributed by atoms with van der Waals surface area (Å²) in [7, 11) is 2.07. The predicted molar refractivity (Wildman–Crippen MR) is 111 cm³/mol. The fourth-order valence-electron chi connectivity index (χ4n) is 5.33. The molecular weight excluding hydrogens is 344 g/mol. The summed E-state index contributed by atoms with van der Waals surface area (Å²) in [6, 6.07) is 17.1. The second-order valence-corrected chi connectivity index (χ2v) is 8.42. The van der Waals surface area contributed by atoms with Gasteiger partial charge in [0.2, 0.25) is 0 Å². The van der Waals surface area contributed by atoms with E-state index in [0.717, 1.165) is 22.4 Å². The zero-order chi connectivity index (χ0) is 19.2. The maximum Gasteiger partial charge on any atom is 0.287 e. The average molecular weight is 365 g/mol. The molecule has 0 saturated heterocycles. The van der Waals surface area contributed by atoms with E-state index in [1.807, 2.05) is 18.5 Å². The van der Waals surface area contributed by atoms with Crippen molar-refractivity contribution >= 4 is 10.9 Å². The van der Waals surface area contributed by atoms with Crippen molar-refractivity contribution < 1.29 is 9.30 Å². The Kier molecular flexibility index (Phi) is 2.82. The lowest BCUT2D eigenvalue weighted by Gasteiger charge is -2.27. The first-order chi connectivity index (χ1) is 13.5. The minimum Gasteiger partial charge on any atom is -0.456 e. The summed E-state index contributed by atoms with van der Waals surface area (Å²) in [4.78, 5) is 4.60. The minimum absolute atomic E-state index is 0.0350. The van der Waals surface area contributed by atoms with Gasteiger partial charge in [0.1, 0.15) is 16.9 Å². The topological polar surface area (TPSA) is 26.0 Å². The zero-order valence-electron chi connectivity index (χ0n) is 16.5. The Morgan fingerprint density at radius 1 is 0.964 bits per heavy atom. The molecule has 3 heteroatoms. The fraction of sp³-hybridized carbons (Fsp3) is 0.200. The maximum absolute atomic E-state index is 6.44. The fourth-order valence-corrected chi connectivity index (χ4v) is 5.33. The lowest BCUT2D eigenvalue weighted by Crippen LogP contribution is -2.33. The van der Waals surface area contributed by atoms with Crippen LogP contribution in [-0.2, 0) is 12.5 Å². The van der Waals surface area contributed by atoms with Crippen molar-refractivity contribution in [3.05, 3.63) is 71.5 Å². The van der Waals surface area contributed by atoms with E-state index >= 15 is 0 Å². The molecule has 3 nitrogen and oxygen atoms in total. The highest BCUT2D eigenvalue weighted by atomic mass is 16.5. The van der Waals surface area contributed by atoms with Gasteiger partial charge in [0, 0.05) is 5.41 Å². The van der Waals surface area contributed by atoms with Gasteiger partial charge in [-0.2, -0.15) is 0 Å². The van der Waals surface area contributed by atoms with E-state index in [1.165, 1.54) is 39.1 Å². The third-order valence-electron chi connectivity index (χ3n) is 6.48. The van der Waals surface area contributed by atoms with Crippen LogP contribution in [0.25, 0.3) is 33.3 Å². The maximum atomic E-state index is 6.44. The molecule has 1 aliphatic heterocycles. The molecule has 0 bridgehead atoms. The van der Waals surface area contributed by atoms with Crippen LogP contribution in [0.5, 0.6) is 11.5 Å². The number of ether oxygens (including phenoxy) is 1. The quantitative estimate of drug-likeness (QED) is 0.341. The molecule has 0 fully saturated rings. The summed E-state index contributed by atoms with van der Waals surface area (Å²) in [6.07, 6.45) is 1.91. The van der Waals surface area contributed by atoms with E-state index in [4.69, 9.17) is 4.74 Å². The third-order valence-corrected chi connectivity index (χ3v) is 6.48. The SMILES string of the molecule is Cc1c2c(cc3c1C(C)(C)c1ccccc1-3)Oc1cccc3nc[n+](C)c-2c13. The Bertz CT molecular complexity index is 1330. The number of benzene rings is 3. The molecule has 136 valence electrons. The number of rotatable bonds is 0. The standard InChI is InChI=1S/C25H21N2O/c1-14-21-20(12-16-15-8-5-6-9-17(15)25(2,3)23(14)16)28-19-11-7-10-18-22(19)24(21)27(4)13-26-18/h5-13H,1-4H3/q+1. The molecule has 4 aromatic rings. The van der Waals surface area contributed by atoms with Crippen molar-refractivity contribution in [3.8, 4) is 33.9 Å². The number of nitrogens with zero attached hydrogens (tertiary/aromatic N) is 2. The Morgan fingerprint density at radius 3 is 2.64 bits per heavy atom. The summed E-state index contributed by atoms with van der Waals surface area (Å²) < 4.78 is 8.57. The second kappa shape index (κ2) is 4.99. The Hall–Kier alpha value is -3.20. The van der Waals surface area contributed by atoms with Crippen molar-refractivity contribution in [2.75, 3.05) is 0 Å². The first-order valence-corrected chi connectivity index (χ1v) is 9.72. The molecule has 2 heterocycles. The van der Waals surface area contributed by atoms with Gasteiger partial charge in [0.05, 0.1) is 12.6 Å². The van der Waals surface area contributed by atoms with E-state index in [1.54, 1.807) is 0 Å². The molecule has 0 amide bonds. The lowest BCUT2D eigenvalue weighted by atomic mass is 9.78. The number of fused-ring (bicyclic) bond motifs is 5. The van der Waals surface area contributed by atoms with Crippen molar-refractivity contribution in [3.63, 3.8) is 0 Å². The van der Waals surface area contributed by atoms with Gasteiger partial charge in [-0.05, 0) is 57.9 Å². The monoisotopic (exact) mass is 365 g/mol. The van der Waals surface area contributed by atoms with Crippen molar-refractivity contribution in [1.82, 2.24) is 4.98 Å². The lowest BCUT2D eigenvalue weighted by molar-refractivity contribution is -0.662. The molecule has 0 radical (unpaired) electrons. The Morgan fingerprint density at radius 2 is 1.79 bits per heavy atom. The molecule has 28 heavy (non-hydrogen) atoms. The van der Waals surface area contributed by atoms with Gasteiger partial charge in [-0.15, -0.1) is 0 Å². The minimum atomic E-state index is -0.0350. The first-order valence-electron chi connectivity index (χ1n) is 9.72. The highest BCUT2D eigenvalue weighted by Crippen LogP contribution is 2.56.